The maximum absolute atomic E-state index is 6.11. The van der Waals surface area contributed by atoms with Gasteiger partial charge in [0.05, 0.1) is 17.0 Å². The Hall–Kier alpha value is -2.58. The van der Waals surface area contributed by atoms with E-state index in [2.05, 4.69) is 36.1 Å². The van der Waals surface area contributed by atoms with Gasteiger partial charge in [-0.05, 0) is 24.3 Å². The molecule has 0 N–H and O–H groups in total. The first-order valence-electron chi connectivity index (χ1n) is 9.23. The molecule has 0 saturated carbocycles. The zero-order valence-corrected chi connectivity index (χ0v) is 18.9. The Bertz CT molecular complexity index is 1240. The molecular weight excluding hydrogens is 417 g/mol. The summed E-state index contributed by atoms with van der Waals surface area (Å²) in [6, 6.07) is 15.4. The average molecular weight is 436 g/mol. The van der Waals surface area contributed by atoms with E-state index < -0.39 is 8.07 Å². The van der Waals surface area contributed by atoms with Gasteiger partial charge < -0.3 is 0 Å². The van der Waals surface area contributed by atoms with Crippen molar-refractivity contribution in [3.63, 3.8) is 0 Å². The molecule has 2 aromatic heterocycles. The lowest BCUT2D eigenvalue weighted by molar-refractivity contribution is 1.10. The van der Waals surface area contributed by atoms with E-state index in [0.29, 0.717) is 15.8 Å². The summed E-state index contributed by atoms with van der Waals surface area (Å²) in [6.45, 7) is 6.67. The van der Waals surface area contributed by atoms with Crippen LogP contribution in [0.25, 0.3) is 28.3 Å². The molecule has 0 fully saturated rings. The van der Waals surface area contributed by atoms with Crippen LogP contribution < -0.4 is 0 Å². The van der Waals surface area contributed by atoms with E-state index in [4.69, 9.17) is 28.2 Å². The van der Waals surface area contributed by atoms with Crippen LogP contribution in [0.3, 0.4) is 0 Å². The third-order valence-electron chi connectivity index (χ3n) is 4.30. The van der Waals surface area contributed by atoms with Crippen molar-refractivity contribution in [3.8, 4) is 34.0 Å². The molecule has 0 unspecified atom stereocenters. The van der Waals surface area contributed by atoms with Crippen molar-refractivity contribution in [1.82, 2.24) is 14.4 Å². The van der Waals surface area contributed by atoms with Crippen LogP contribution in [0.5, 0.6) is 0 Å². The van der Waals surface area contributed by atoms with Crippen LogP contribution in [0.15, 0.2) is 60.9 Å². The van der Waals surface area contributed by atoms with E-state index >= 15 is 0 Å². The molecule has 0 spiro atoms. The zero-order chi connectivity index (χ0) is 20.6. The summed E-state index contributed by atoms with van der Waals surface area (Å²) in [4.78, 5) is 9.36. The van der Waals surface area contributed by atoms with Gasteiger partial charge in [-0.15, -0.1) is 5.54 Å². The first-order valence-corrected chi connectivity index (χ1v) is 13.5. The van der Waals surface area contributed by atoms with Crippen molar-refractivity contribution < 1.29 is 0 Å². The van der Waals surface area contributed by atoms with E-state index in [1.54, 1.807) is 6.20 Å². The highest BCUT2D eigenvalue weighted by Crippen LogP contribution is 2.33. The highest BCUT2D eigenvalue weighted by atomic mass is 35.5. The SMILES string of the molecule is C[Si](C)(C)C#Cc1cnc2nc(-c3ccc(Cl)cc3)c(-c3ccc(Cl)cc3)n2c1. The highest BCUT2D eigenvalue weighted by Gasteiger charge is 2.17. The predicted octanol–water partition coefficient (Wildman–Crippen LogP) is 6.60. The summed E-state index contributed by atoms with van der Waals surface area (Å²) in [5.74, 6) is 3.91. The molecule has 0 saturated heterocycles. The number of hydrogen-bond acceptors (Lipinski definition) is 2. The molecule has 144 valence electrons. The molecular formula is C23H19Cl2N3Si. The molecule has 6 heteroatoms. The minimum Gasteiger partial charge on any atom is -0.282 e. The summed E-state index contributed by atoms with van der Waals surface area (Å²) in [5, 5.41) is 1.38. The van der Waals surface area contributed by atoms with E-state index in [1.807, 2.05) is 59.1 Å². The molecule has 29 heavy (non-hydrogen) atoms. The van der Waals surface area contributed by atoms with Crippen molar-refractivity contribution in [3.05, 3.63) is 76.5 Å². The topological polar surface area (TPSA) is 30.2 Å². The fourth-order valence-electron chi connectivity index (χ4n) is 2.95. The van der Waals surface area contributed by atoms with Crippen molar-refractivity contribution in [2.75, 3.05) is 0 Å². The van der Waals surface area contributed by atoms with Gasteiger partial charge in [0, 0.05) is 33.6 Å². The Morgan fingerprint density at radius 3 is 2.03 bits per heavy atom. The van der Waals surface area contributed by atoms with Gasteiger partial charge in [-0.3, -0.25) is 4.40 Å². The summed E-state index contributed by atoms with van der Waals surface area (Å²) in [5.41, 5.74) is 8.03. The number of hydrogen-bond donors (Lipinski definition) is 0. The molecule has 4 aromatic rings. The molecule has 4 rings (SSSR count). The predicted molar refractivity (Wildman–Crippen MR) is 124 cm³/mol. The lowest BCUT2D eigenvalue weighted by atomic mass is 10.0. The lowest BCUT2D eigenvalue weighted by Crippen LogP contribution is -2.16. The third-order valence-corrected chi connectivity index (χ3v) is 5.68. The van der Waals surface area contributed by atoms with Gasteiger partial charge >= 0.3 is 0 Å². The lowest BCUT2D eigenvalue weighted by Gasteiger charge is -2.07. The number of imidazole rings is 1. The first-order chi connectivity index (χ1) is 13.8. The zero-order valence-electron chi connectivity index (χ0n) is 16.4. The van der Waals surface area contributed by atoms with Crippen molar-refractivity contribution in [2.24, 2.45) is 0 Å². The van der Waals surface area contributed by atoms with Gasteiger partial charge in [-0.2, -0.15) is 0 Å². The molecule has 0 bridgehead atoms. The largest absolute Gasteiger partial charge is 0.282 e. The summed E-state index contributed by atoms with van der Waals surface area (Å²) >= 11 is 12.2. The van der Waals surface area contributed by atoms with Gasteiger partial charge in [0.15, 0.2) is 0 Å². The van der Waals surface area contributed by atoms with E-state index in [9.17, 15) is 0 Å². The van der Waals surface area contributed by atoms with Crippen LogP contribution in [0.1, 0.15) is 5.56 Å². The van der Waals surface area contributed by atoms with Gasteiger partial charge in [0.1, 0.15) is 8.07 Å². The number of fused-ring (bicyclic) bond motifs is 1. The second kappa shape index (κ2) is 7.68. The van der Waals surface area contributed by atoms with E-state index in [-0.39, 0.29) is 0 Å². The number of halogens is 2. The molecule has 0 radical (unpaired) electrons. The van der Waals surface area contributed by atoms with Gasteiger partial charge in [0.25, 0.3) is 0 Å². The molecule has 0 amide bonds. The molecule has 3 nitrogen and oxygen atoms in total. The quantitative estimate of drug-likeness (QED) is 0.262. The third kappa shape index (κ3) is 4.38. The standard InChI is InChI=1S/C23H19Cl2N3Si/c1-29(2,3)13-12-16-14-26-23-27-21(17-4-8-19(24)9-5-17)22(28(23)15-16)18-6-10-20(25)11-7-18/h4-11,14-15H,1-3H3. The number of rotatable bonds is 2. The fourth-order valence-corrected chi connectivity index (χ4v) is 3.72. The molecule has 2 heterocycles. The molecule has 2 aromatic carbocycles. The monoisotopic (exact) mass is 435 g/mol. The highest BCUT2D eigenvalue weighted by molar-refractivity contribution is 6.83. The fraction of sp³-hybridized carbons (Fsp3) is 0.130. The maximum atomic E-state index is 6.11. The maximum Gasteiger partial charge on any atom is 0.234 e. The normalized spacial score (nSPS) is 11.3. The first kappa shape index (κ1) is 19.7. The number of nitrogens with zero attached hydrogens (tertiary/aromatic N) is 3. The van der Waals surface area contributed by atoms with Gasteiger partial charge in [0.2, 0.25) is 5.78 Å². The van der Waals surface area contributed by atoms with Crippen molar-refractivity contribution in [1.29, 1.82) is 0 Å². The molecule has 0 aliphatic heterocycles. The number of aromatic nitrogens is 3. The van der Waals surface area contributed by atoms with Crippen molar-refractivity contribution in [2.45, 2.75) is 19.6 Å². The Morgan fingerprint density at radius 1 is 0.862 bits per heavy atom. The van der Waals surface area contributed by atoms with Crippen LogP contribution in [0.4, 0.5) is 0 Å². The Kier molecular flexibility index (Phi) is 5.22. The van der Waals surface area contributed by atoms with E-state index in [0.717, 1.165) is 28.1 Å². The Morgan fingerprint density at radius 2 is 1.45 bits per heavy atom. The molecule has 0 atom stereocenters. The second-order valence-corrected chi connectivity index (χ2v) is 13.5. The van der Waals surface area contributed by atoms with Crippen LogP contribution >= 0.6 is 23.2 Å². The smallest absolute Gasteiger partial charge is 0.234 e. The summed E-state index contributed by atoms with van der Waals surface area (Å²) in [7, 11) is -1.49. The van der Waals surface area contributed by atoms with Gasteiger partial charge in [-0.25, -0.2) is 9.97 Å². The van der Waals surface area contributed by atoms with Crippen LogP contribution in [-0.4, -0.2) is 22.4 Å². The average Bonchev–Trinajstić information content (AvgIpc) is 3.06. The second-order valence-electron chi connectivity index (χ2n) is 7.84. The molecule has 0 aliphatic rings. The number of benzene rings is 2. The summed E-state index contributed by atoms with van der Waals surface area (Å²) in [6.07, 6.45) is 3.79. The van der Waals surface area contributed by atoms with E-state index in [1.165, 1.54) is 0 Å². The van der Waals surface area contributed by atoms with Crippen LogP contribution in [-0.2, 0) is 0 Å². The Balaban J connectivity index is 1.96. The van der Waals surface area contributed by atoms with Gasteiger partial charge in [-0.1, -0.05) is 73.0 Å². The van der Waals surface area contributed by atoms with Crippen LogP contribution in [0.2, 0.25) is 29.7 Å². The minimum atomic E-state index is -1.49. The minimum absolute atomic E-state index is 0.624. The van der Waals surface area contributed by atoms with Crippen molar-refractivity contribution >= 4 is 37.1 Å². The Labute approximate surface area is 181 Å². The summed E-state index contributed by atoms with van der Waals surface area (Å²) < 4.78 is 2.00. The molecule has 0 aliphatic carbocycles. The van der Waals surface area contributed by atoms with Crippen LogP contribution in [0, 0.1) is 11.5 Å².